The fraction of sp³-hybridized carbons (Fsp3) is 0.261. The second-order valence-electron chi connectivity index (χ2n) is 7.45. The number of aromatic hydroxyl groups is 1. The molecule has 2 atom stereocenters. The first-order valence-corrected chi connectivity index (χ1v) is 9.76. The summed E-state index contributed by atoms with van der Waals surface area (Å²) in [6.07, 6.45) is 0.288. The molecule has 1 fully saturated rings. The lowest BCUT2D eigenvalue weighted by Crippen LogP contribution is -2.47. The average Bonchev–Trinajstić information content (AvgIpc) is 3.18. The highest BCUT2D eigenvalue weighted by molar-refractivity contribution is 6.10. The first-order valence-electron chi connectivity index (χ1n) is 9.76. The summed E-state index contributed by atoms with van der Waals surface area (Å²) in [6.45, 7) is 2.11. The van der Waals surface area contributed by atoms with Crippen LogP contribution in [-0.2, 0) is 11.2 Å². The number of ketones is 1. The molecule has 158 valence electrons. The highest BCUT2D eigenvalue weighted by Gasteiger charge is 2.49. The van der Waals surface area contributed by atoms with E-state index in [2.05, 4.69) is 22.5 Å². The van der Waals surface area contributed by atoms with E-state index < -0.39 is 29.2 Å². The fourth-order valence-corrected chi connectivity index (χ4v) is 3.91. The van der Waals surface area contributed by atoms with Gasteiger partial charge in [-0.3, -0.25) is 14.9 Å². The summed E-state index contributed by atoms with van der Waals surface area (Å²) in [4.78, 5) is 37.4. The zero-order valence-electron chi connectivity index (χ0n) is 16.6. The quantitative estimate of drug-likeness (QED) is 0.518. The average molecular weight is 422 g/mol. The van der Waals surface area contributed by atoms with Crippen LogP contribution in [0.5, 0.6) is 11.5 Å². The van der Waals surface area contributed by atoms with Crippen molar-refractivity contribution in [2.24, 2.45) is 5.92 Å². The van der Waals surface area contributed by atoms with E-state index >= 15 is 0 Å². The molecule has 1 heterocycles. The van der Waals surface area contributed by atoms with Crippen molar-refractivity contribution >= 4 is 17.7 Å². The second-order valence-corrected chi connectivity index (χ2v) is 7.45. The zero-order chi connectivity index (χ0) is 22.2. The van der Waals surface area contributed by atoms with Crippen molar-refractivity contribution < 1.29 is 28.6 Å². The number of ether oxygens (including phenoxy) is 1. The summed E-state index contributed by atoms with van der Waals surface area (Å²) in [5.74, 6) is 3.78. The normalized spacial score (nSPS) is 21.7. The molecule has 0 spiro atoms. The molecule has 0 radical (unpaired) electrons. The topological polar surface area (TPSA) is 105 Å². The third-order valence-corrected chi connectivity index (χ3v) is 5.34. The maximum atomic E-state index is 13.7. The van der Waals surface area contributed by atoms with Gasteiger partial charge in [-0.2, -0.15) is 0 Å². The number of fused-ring (bicyclic) bond motifs is 1. The lowest BCUT2D eigenvalue weighted by Gasteiger charge is -2.22. The molecule has 8 heteroatoms. The Kier molecular flexibility index (Phi) is 5.11. The monoisotopic (exact) mass is 422 g/mol. The summed E-state index contributed by atoms with van der Waals surface area (Å²) in [7, 11) is 0. The number of hydrogen-bond acceptors (Lipinski definition) is 5. The summed E-state index contributed by atoms with van der Waals surface area (Å²) >= 11 is 0. The Morgan fingerprint density at radius 2 is 2.03 bits per heavy atom. The molecule has 0 bridgehead atoms. The van der Waals surface area contributed by atoms with Crippen LogP contribution >= 0.6 is 0 Å². The van der Waals surface area contributed by atoms with E-state index in [1.165, 1.54) is 30.3 Å². The number of urea groups is 1. The van der Waals surface area contributed by atoms with Gasteiger partial charge in [0.25, 0.3) is 5.91 Å². The third-order valence-electron chi connectivity index (χ3n) is 5.34. The highest BCUT2D eigenvalue weighted by Crippen LogP contribution is 2.35. The Morgan fingerprint density at radius 1 is 1.23 bits per heavy atom. The predicted molar refractivity (Wildman–Crippen MR) is 108 cm³/mol. The zero-order valence-corrected chi connectivity index (χ0v) is 16.6. The van der Waals surface area contributed by atoms with Crippen molar-refractivity contribution in [1.82, 2.24) is 10.6 Å². The van der Waals surface area contributed by atoms with Crippen molar-refractivity contribution in [2.75, 3.05) is 6.61 Å². The van der Waals surface area contributed by atoms with Gasteiger partial charge in [-0.25, -0.2) is 9.18 Å². The molecule has 1 aliphatic carbocycles. The minimum Gasteiger partial charge on any atom is -0.508 e. The smallest absolute Gasteiger partial charge is 0.323 e. The van der Waals surface area contributed by atoms with Gasteiger partial charge in [-0.05, 0) is 49.2 Å². The minimum atomic E-state index is -1.66. The third kappa shape index (κ3) is 3.82. The van der Waals surface area contributed by atoms with E-state index in [1.807, 2.05) is 0 Å². The first kappa shape index (κ1) is 20.4. The molecule has 4 rings (SSSR count). The Bertz CT molecular complexity index is 1170. The summed E-state index contributed by atoms with van der Waals surface area (Å²) in [5.41, 5.74) is -0.288. The number of halogens is 1. The number of imide groups is 1. The molecule has 2 aromatic carbocycles. The molecule has 2 aromatic rings. The molecule has 2 aliphatic rings. The molecule has 3 N–H and O–H groups in total. The van der Waals surface area contributed by atoms with E-state index in [0.717, 1.165) is 5.56 Å². The van der Waals surface area contributed by atoms with Crippen LogP contribution in [-0.4, -0.2) is 35.0 Å². The predicted octanol–water partition coefficient (Wildman–Crippen LogP) is 2.30. The van der Waals surface area contributed by atoms with Gasteiger partial charge in [0.15, 0.2) is 11.3 Å². The molecule has 31 heavy (non-hydrogen) atoms. The van der Waals surface area contributed by atoms with Gasteiger partial charge >= 0.3 is 6.03 Å². The molecule has 0 unspecified atom stereocenters. The number of rotatable bonds is 4. The van der Waals surface area contributed by atoms with Gasteiger partial charge in [0, 0.05) is 17.9 Å². The lowest BCUT2D eigenvalue weighted by molar-refractivity contribution is -0.122. The molecule has 0 aromatic heterocycles. The van der Waals surface area contributed by atoms with Gasteiger partial charge in [0.1, 0.15) is 17.3 Å². The summed E-state index contributed by atoms with van der Waals surface area (Å²) in [5, 5.41) is 14.4. The number of amides is 3. The first-order chi connectivity index (χ1) is 14.8. The largest absolute Gasteiger partial charge is 0.508 e. The van der Waals surface area contributed by atoms with Crippen molar-refractivity contribution in [2.45, 2.75) is 25.3 Å². The highest BCUT2D eigenvalue weighted by atomic mass is 19.1. The summed E-state index contributed by atoms with van der Waals surface area (Å²) < 4.78 is 19.2. The second kappa shape index (κ2) is 7.76. The molecular weight excluding hydrogens is 403 g/mol. The number of phenols is 1. The van der Waals surface area contributed by atoms with Gasteiger partial charge in [-0.1, -0.05) is 17.9 Å². The van der Waals surface area contributed by atoms with Gasteiger partial charge < -0.3 is 15.2 Å². The number of hydrogen-bond donors (Lipinski definition) is 3. The van der Waals surface area contributed by atoms with Crippen LogP contribution in [0.3, 0.4) is 0 Å². The van der Waals surface area contributed by atoms with Gasteiger partial charge in [-0.15, -0.1) is 0 Å². The molecule has 0 saturated carbocycles. The van der Waals surface area contributed by atoms with E-state index in [0.29, 0.717) is 24.3 Å². The van der Waals surface area contributed by atoms with Crippen LogP contribution in [0, 0.1) is 23.6 Å². The van der Waals surface area contributed by atoms with Crippen molar-refractivity contribution in [3.05, 3.63) is 58.9 Å². The standard InChI is InChI=1S/C23H19FN2O5/c1-2-31-19-6-4-16(24)10-14(19)7-8-23(21(29)25-22(30)26-23)12-15-9-13-3-5-17(27)11-18(13)20(15)28/h3-6,10-11,15,27H,2,9,12H2,1H3,(H2,25,26,29,30)/t15-,23+/m0/s1. The van der Waals surface area contributed by atoms with E-state index in [4.69, 9.17) is 4.74 Å². The van der Waals surface area contributed by atoms with Crippen LogP contribution in [0.4, 0.5) is 9.18 Å². The van der Waals surface area contributed by atoms with E-state index in [-0.39, 0.29) is 23.5 Å². The van der Waals surface area contributed by atoms with Crippen LogP contribution in [0.15, 0.2) is 36.4 Å². The van der Waals surface area contributed by atoms with Gasteiger partial charge in [0.05, 0.1) is 12.2 Å². The number of phenolic OH excluding ortho intramolecular Hbond substituents is 1. The van der Waals surface area contributed by atoms with Crippen LogP contribution < -0.4 is 15.4 Å². The number of carbonyl (C=O) groups excluding carboxylic acids is 3. The Morgan fingerprint density at radius 3 is 2.74 bits per heavy atom. The van der Waals surface area contributed by atoms with Crippen LogP contribution in [0.1, 0.15) is 34.8 Å². The summed E-state index contributed by atoms with van der Waals surface area (Å²) in [6, 6.07) is 7.68. The number of nitrogens with one attached hydrogen (secondary N) is 2. The number of carbonyl (C=O) groups is 3. The van der Waals surface area contributed by atoms with Gasteiger partial charge in [0.2, 0.25) is 0 Å². The van der Waals surface area contributed by atoms with Crippen molar-refractivity contribution in [3.63, 3.8) is 0 Å². The van der Waals surface area contributed by atoms with E-state index in [1.54, 1.807) is 13.0 Å². The van der Waals surface area contributed by atoms with Crippen LogP contribution in [0.25, 0.3) is 0 Å². The Labute approximate surface area is 177 Å². The Balaban J connectivity index is 1.69. The minimum absolute atomic E-state index is 0.0243. The lowest BCUT2D eigenvalue weighted by atomic mass is 9.85. The van der Waals surface area contributed by atoms with Crippen LogP contribution in [0.2, 0.25) is 0 Å². The molecular formula is C23H19FN2O5. The maximum Gasteiger partial charge on any atom is 0.323 e. The molecule has 1 aliphatic heterocycles. The van der Waals surface area contributed by atoms with Crippen molar-refractivity contribution in [1.29, 1.82) is 0 Å². The van der Waals surface area contributed by atoms with E-state index in [9.17, 15) is 23.9 Å². The fourth-order valence-electron chi connectivity index (χ4n) is 3.91. The van der Waals surface area contributed by atoms with Crippen molar-refractivity contribution in [3.8, 4) is 23.3 Å². The molecule has 1 saturated heterocycles. The Hall–Kier alpha value is -3.86. The number of benzene rings is 2. The molecule has 3 amide bonds. The SMILES string of the molecule is CCOc1ccc(F)cc1C#C[C@]1(C[C@@H]2Cc3ccc(O)cc3C2=O)NC(=O)NC1=O. The number of Topliss-reactive ketones (excluding diaryl/α,β-unsaturated/α-hetero) is 1. The maximum absolute atomic E-state index is 13.7. The molecule has 7 nitrogen and oxygen atoms in total.